The second-order valence-electron chi connectivity index (χ2n) is 5.17. The van der Waals surface area contributed by atoms with Crippen molar-refractivity contribution in [1.82, 2.24) is 5.32 Å². The number of aliphatic hydroxyl groups excluding tert-OH is 1. The lowest BCUT2D eigenvalue weighted by molar-refractivity contribution is -0.117. The van der Waals surface area contributed by atoms with Crippen LogP contribution in [0, 0.1) is 11.3 Å². The normalized spacial score (nSPS) is 31.4. The van der Waals surface area contributed by atoms with E-state index in [9.17, 15) is 9.90 Å². The van der Waals surface area contributed by atoms with Crippen LogP contribution in [0.4, 0.5) is 0 Å². The number of carbonyl (C=O) groups excluding carboxylic acids is 1. The molecule has 17 heavy (non-hydrogen) atoms. The van der Waals surface area contributed by atoms with Crippen LogP contribution in [0.1, 0.15) is 25.7 Å². The van der Waals surface area contributed by atoms with Gasteiger partial charge >= 0.3 is 0 Å². The van der Waals surface area contributed by atoms with E-state index in [0.29, 0.717) is 6.54 Å². The van der Waals surface area contributed by atoms with E-state index >= 15 is 0 Å². The van der Waals surface area contributed by atoms with E-state index in [1.54, 1.807) is 0 Å². The van der Waals surface area contributed by atoms with Crippen molar-refractivity contribution in [1.29, 1.82) is 0 Å². The Bertz CT molecular complexity index is 297. The monoisotopic (exact) mass is 239 g/mol. The highest BCUT2D eigenvalue weighted by atomic mass is 16.5. The SMILES string of the molecule is C=CC(=O)NC[C@H]1CCC2(CCOCC2)[C@@H]1O. The average Bonchev–Trinajstić information content (AvgIpc) is 2.66. The molecule has 0 radical (unpaired) electrons. The largest absolute Gasteiger partial charge is 0.392 e. The fourth-order valence-corrected chi connectivity index (χ4v) is 3.12. The lowest BCUT2D eigenvalue weighted by Crippen LogP contribution is -2.41. The van der Waals surface area contributed by atoms with Crippen molar-refractivity contribution >= 4 is 5.91 Å². The van der Waals surface area contributed by atoms with Crippen LogP contribution < -0.4 is 5.32 Å². The number of rotatable bonds is 3. The third-order valence-corrected chi connectivity index (χ3v) is 4.30. The Labute approximate surface area is 102 Å². The Morgan fingerprint density at radius 3 is 2.82 bits per heavy atom. The van der Waals surface area contributed by atoms with Crippen LogP contribution in [0.5, 0.6) is 0 Å². The van der Waals surface area contributed by atoms with Gasteiger partial charge in [0.2, 0.25) is 5.91 Å². The summed E-state index contributed by atoms with van der Waals surface area (Å²) in [5.41, 5.74) is 0.0435. The van der Waals surface area contributed by atoms with Crippen LogP contribution in [-0.2, 0) is 9.53 Å². The van der Waals surface area contributed by atoms with Gasteiger partial charge in [0.05, 0.1) is 6.10 Å². The molecular formula is C13H21NO3. The number of carbonyl (C=O) groups is 1. The van der Waals surface area contributed by atoms with Crippen molar-refractivity contribution < 1.29 is 14.6 Å². The standard InChI is InChI=1S/C13H21NO3/c1-2-11(15)14-9-10-3-4-13(12(10)16)5-7-17-8-6-13/h2,10,12,16H,1,3-9H2,(H,14,15)/t10-,12-/m1/s1. The zero-order valence-electron chi connectivity index (χ0n) is 10.2. The molecule has 0 aromatic carbocycles. The molecule has 1 aliphatic carbocycles. The summed E-state index contributed by atoms with van der Waals surface area (Å²) in [4.78, 5) is 11.1. The van der Waals surface area contributed by atoms with Gasteiger partial charge < -0.3 is 15.2 Å². The first-order chi connectivity index (χ1) is 8.18. The van der Waals surface area contributed by atoms with Crippen molar-refractivity contribution in [3.05, 3.63) is 12.7 Å². The predicted octanol–water partition coefficient (Wildman–Crippen LogP) is 0.856. The molecule has 0 bridgehead atoms. The molecule has 1 heterocycles. The van der Waals surface area contributed by atoms with Gasteiger partial charge in [-0.15, -0.1) is 0 Å². The molecule has 4 nitrogen and oxygen atoms in total. The Morgan fingerprint density at radius 2 is 2.18 bits per heavy atom. The summed E-state index contributed by atoms with van der Waals surface area (Å²) in [6.45, 7) is 5.47. The number of hydrogen-bond acceptors (Lipinski definition) is 3. The predicted molar refractivity (Wildman–Crippen MR) is 64.4 cm³/mol. The van der Waals surface area contributed by atoms with Crippen molar-refractivity contribution in [2.75, 3.05) is 19.8 Å². The molecule has 0 aromatic rings. The summed E-state index contributed by atoms with van der Waals surface area (Å²) in [5.74, 6) is 0.0159. The van der Waals surface area contributed by atoms with Crippen LogP contribution in [0.3, 0.4) is 0 Å². The van der Waals surface area contributed by atoms with E-state index in [1.807, 2.05) is 0 Å². The molecule has 1 saturated carbocycles. The molecular weight excluding hydrogens is 218 g/mol. The molecule has 96 valence electrons. The minimum Gasteiger partial charge on any atom is -0.392 e. The van der Waals surface area contributed by atoms with E-state index in [0.717, 1.165) is 38.9 Å². The van der Waals surface area contributed by atoms with E-state index in [-0.39, 0.29) is 23.3 Å². The highest BCUT2D eigenvalue weighted by molar-refractivity contribution is 5.86. The van der Waals surface area contributed by atoms with Gasteiger partial charge in [0.1, 0.15) is 0 Å². The quantitative estimate of drug-likeness (QED) is 0.718. The second-order valence-corrected chi connectivity index (χ2v) is 5.17. The van der Waals surface area contributed by atoms with Gasteiger partial charge in [0.15, 0.2) is 0 Å². The van der Waals surface area contributed by atoms with Crippen molar-refractivity contribution in [3.8, 4) is 0 Å². The maximum atomic E-state index is 11.1. The molecule has 2 N–H and O–H groups in total. The zero-order valence-corrected chi connectivity index (χ0v) is 10.2. The van der Waals surface area contributed by atoms with Crippen LogP contribution in [0.2, 0.25) is 0 Å². The lowest BCUT2D eigenvalue weighted by atomic mass is 9.76. The van der Waals surface area contributed by atoms with Crippen LogP contribution in [-0.4, -0.2) is 36.9 Å². The van der Waals surface area contributed by atoms with Crippen LogP contribution in [0.15, 0.2) is 12.7 Å². The van der Waals surface area contributed by atoms with Gasteiger partial charge in [-0.05, 0) is 31.8 Å². The molecule has 1 saturated heterocycles. The molecule has 2 atom stereocenters. The molecule has 2 fully saturated rings. The lowest BCUT2D eigenvalue weighted by Gasteiger charge is -2.37. The first-order valence-electron chi connectivity index (χ1n) is 6.34. The molecule has 2 aliphatic rings. The highest BCUT2D eigenvalue weighted by Crippen LogP contribution is 2.48. The average molecular weight is 239 g/mol. The number of ether oxygens (including phenoxy) is 1. The summed E-state index contributed by atoms with van der Waals surface area (Å²) in [6, 6.07) is 0. The van der Waals surface area contributed by atoms with Gasteiger partial charge in [0, 0.05) is 31.1 Å². The second kappa shape index (κ2) is 5.19. The Balaban J connectivity index is 1.90. The van der Waals surface area contributed by atoms with E-state index in [4.69, 9.17) is 4.74 Å². The number of nitrogens with one attached hydrogen (secondary N) is 1. The number of hydrogen-bond donors (Lipinski definition) is 2. The zero-order chi connectivity index (χ0) is 12.3. The van der Waals surface area contributed by atoms with Gasteiger partial charge in [-0.2, -0.15) is 0 Å². The molecule has 4 heteroatoms. The van der Waals surface area contributed by atoms with Gasteiger partial charge in [-0.25, -0.2) is 0 Å². The first kappa shape index (κ1) is 12.6. The Hall–Kier alpha value is -0.870. The van der Waals surface area contributed by atoms with Gasteiger partial charge in [0.25, 0.3) is 0 Å². The summed E-state index contributed by atoms with van der Waals surface area (Å²) < 4.78 is 5.36. The van der Waals surface area contributed by atoms with Crippen molar-refractivity contribution in [2.45, 2.75) is 31.8 Å². The Morgan fingerprint density at radius 1 is 1.47 bits per heavy atom. The molecule has 1 aliphatic heterocycles. The van der Waals surface area contributed by atoms with Crippen molar-refractivity contribution in [3.63, 3.8) is 0 Å². The molecule has 1 spiro atoms. The maximum Gasteiger partial charge on any atom is 0.243 e. The fourth-order valence-electron chi connectivity index (χ4n) is 3.12. The van der Waals surface area contributed by atoms with Gasteiger partial charge in [-0.1, -0.05) is 6.58 Å². The fraction of sp³-hybridized carbons (Fsp3) is 0.769. The van der Waals surface area contributed by atoms with E-state index in [1.165, 1.54) is 6.08 Å². The van der Waals surface area contributed by atoms with E-state index < -0.39 is 0 Å². The van der Waals surface area contributed by atoms with Crippen LogP contribution in [0.25, 0.3) is 0 Å². The summed E-state index contributed by atoms with van der Waals surface area (Å²) in [5, 5.41) is 13.2. The maximum absolute atomic E-state index is 11.1. The van der Waals surface area contributed by atoms with E-state index in [2.05, 4.69) is 11.9 Å². The minimum atomic E-state index is -0.309. The topological polar surface area (TPSA) is 58.6 Å². The first-order valence-corrected chi connectivity index (χ1v) is 6.34. The summed E-state index contributed by atoms with van der Waals surface area (Å²) in [7, 11) is 0. The molecule has 0 unspecified atom stereocenters. The van der Waals surface area contributed by atoms with Crippen molar-refractivity contribution in [2.24, 2.45) is 11.3 Å². The molecule has 0 aromatic heterocycles. The Kier molecular flexibility index (Phi) is 3.84. The molecule has 1 amide bonds. The number of amides is 1. The number of aliphatic hydroxyl groups is 1. The third-order valence-electron chi connectivity index (χ3n) is 4.30. The highest BCUT2D eigenvalue weighted by Gasteiger charge is 2.47. The third kappa shape index (κ3) is 2.53. The summed E-state index contributed by atoms with van der Waals surface area (Å²) >= 11 is 0. The van der Waals surface area contributed by atoms with Crippen LogP contribution >= 0.6 is 0 Å². The smallest absolute Gasteiger partial charge is 0.243 e. The van der Waals surface area contributed by atoms with Gasteiger partial charge in [-0.3, -0.25) is 4.79 Å². The molecule has 2 rings (SSSR count). The summed E-state index contributed by atoms with van der Waals surface area (Å²) in [6.07, 6.45) is 4.88. The minimum absolute atomic E-state index is 0.0435.